The fourth-order valence-corrected chi connectivity index (χ4v) is 2.30. The number of rotatable bonds is 4. The summed E-state index contributed by atoms with van der Waals surface area (Å²) in [6.45, 7) is 4.19. The number of hydrogen-bond acceptors (Lipinski definition) is 5. The molecule has 116 valence electrons. The van der Waals surface area contributed by atoms with Gasteiger partial charge in [-0.25, -0.2) is 9.59 Å². The number of anilines is 1. The molecule has 0 aliphatic carbocycles. The lowest BCUT2D eigenvalue weighted by atomic mass is 10.0. The highest BCUT2D eigenvalue weighted by Crippen LogP contribution is 2.24. The maximum Gasteiger partial charge on any atom is 0.338 e. The first-order valence-corrected chi connectivity index (χ1v) is 6.77. The molecule has 0 unspecified atom stereocenters. The molecule has 0 radical (unpaired) electrons. The van der Waals surface area contributed by atoms with Gasteiger partial charge in [0.25, 0.3) is 0 Å². The number of nitrogens with zero attached hydrogens (tertiary/aromatic N) is 1. The van der Waals surface area contributed by atoms with Crippen molar-refractivity contribution in [2.24, 2.45) is 0 Å². The molecule has 0 bridgehead atoms. The number of aryl methyl sites for hydroxylation is 1. The van der Waals surface area contributed by atoms with Crippen molar-refractivity contribution in [1.29, 1.82) is 0 Å². The Morgan fingerprint density at radius 2 is 2.05 bits per heavy atom. The van der Waals surface area contributed by atoms with Crippen molar-refractivity contribution in [2.45, 2.75) is 13.8 Å². The first-order chi connectivity index (χ1) is 10.4. The Labute approximate surface area is 128 Å². The number of aliphatic carboxylic acids is 1. The van der Waals surface area contributed by atoms with E-state index in [1.54, 1.807) is 17.2 Å². The third kappa shape index (κ3) is 3.11. The van der Waals surface area contributed by atoms with E-state index in [4.69, 9.17) is 9.84 Å². The number of carbonyl (C=O) groups excluding carboxylic acids is 1. The molecule has 0 saturated carbocycles. The highest BCUT2D eigenvalue weighted by Gasteiger charge is 2.17. The SMILES string of the molecule is COC(=O)c1c(C)ccc(NN2C=C(C(=O)O)C=CC2)c1C. The summed E-state index contributed by atoms with van der Waals surface area (Å²) in [6.07, 6.45) is 4.82. The number of benzene rings is 1. The standard InChI is InChI=1S/C16H18N2O4/c1-10-6-7-13(11(2)14(10)16(21)22-3)17-18-8-4-5-12(9-18)15(19)20/h4-7,9,17H,8H2,1-3H3,(H,19,20). The van der Waals surface area contributed by atoms with Crippen molar-refractivity contribution in [2.75, 3.05) is 19.1 Å². The predicted octanol–water partition coefficient (Wildman–Crippen LogP) is 2.26. The number of methoxy groups -OCH3 is 1. The van der Waals surface area contributed by atoms with Gasteiger partial charge in [-0.3, -0.25) is 10.4 Å². The van der Waals surface area contributed by atoms with E-state index in [0.29, 0.717) is 12.1 Å². The summed E-state index contributed by atoms with van der Waals surface area (Å²) in [6, 6.07) is 3.67. The van der Waals surface area contributed by atoms with E-state index in [2.05, 4.69) is 5.43 Å². The van der Waals surface area contributed by atoms with Gasteiger partial charge in [0, 0.05) is 6.20 Å². The molecule has 0 amide bonds. The molecule has 1 aliphatic rings. The average Bonchev–Trinajstić information content (AvgIpc) is 2.50. The second-order valence-corrected chi connectivity index (χ2v) is 4.98. The normalized spacial score (nSPS) is 13.6. The number of hydrogen-bond donors (Lipinski definition) is 2. The van der Waals surface area contributed by atoms with Crippen molar-refractivity contribution in [3.63, 3.8) is 0 Å². The largest absolute Gasteiger partial charge is 0.478 e. The van der Waals surface area contributed by atoms with E-state index in [0.717, 1.165) is 16.8 Å². The summed E-state index contributed by atoms with van der Waals surface area (Å²) in [5.41, 5.74) is 6.13. The zero-order valence-corrected chi connectivity index (χ0v) is 12.7. The van der Waals surface area contributed by atoms with Crippen LogP contribution in [0.15, 0.2) is 36.1 Å². The zero-order valence-electron chi connectivity index (χ0n) is 12.7. The summed E-state index contributed by atoms with van der Waals surface area (Å²) in [7, 11) is 1.35. The monoisotopic (exact) mass is 302 g/mol. The van der Waals surface area contributed by atoms with Crippen LogP contribution in [0, 0.1) is 13.8 Å². The van der Waals surface area contributed by atoms with Gasteiger partial charge in [0.15, 0.2) is 0 Å². The zero-order chi connectivity index (χ0) is 16.3. The third-order valence-electron chi connectivity index (χ3n) is 3.47. The van der Waals surface area contributed by atoms with Crippen molar-refractivity contribution in [3.05, 3.63) is 52.7 Å². The Hall–Kier alpha value is -2.76. The minimum atomic E-state index is -0.987. The predicted molar refractivity (Wildman–Crippen MR) is 82.4 cm³/mol. The fourth-order valence-electron chi connectivity index (χ4n) is 2.30. The molecular weight excluding hydrogens is 284 g/mol. The Bertz CT molecular complexity index is 677. The van der Waals surface area contributed by atoms with E-state index in [1.807, 2.05) is 26.0 Å². The van der Waals surface area contributed by atoms with Crippen LogP contribution in [0.2, 0.25) is 0 Å². The van der Waals surface area contributed by atoms with Gasteiger partial charge >= 0.3 is 11.9 Å². The minimum absolute atomic E-state index is 0.191. The second kappa shape index (κ2) is 6.34. The van der Waals surface area contributed by atoms with Crippen LogP contribution in [0.4, 0.5) is 5.69 Å². The molecule has 0 fully saturated rings. The lowest BCUT2D eigenvalue weighted by Gasteiger charge is -2.25. The summed E-state index contributed by atoms with van der Waals surface area (Å²) in [4.78, 5) is 22.9. The molecule has 22 heavy (non-hydrogen) atoms. The number of esters is 1. The molecule has 0 spiro atoms. The molecule has 0 aromatic heterocycles. The van der Waals surface area contributed by atoms with Gasteiger partial charge in [-0.2, -0.15) is 0 Å². The number of carboxylic acid groups (broad SMARTS) is 1. The molecule has 0 saturated heterocycles. The number of ether oxygens (including phenoxy) is 1. The van der Waals surface area contributed by atoms with Crippen LogP contribution in [0.3, 0.4) is 0 Å². The Morgan fingerprint density at radius 1 is 1.32 bits per heavy atom. The van der Waals surface area contributed by atoms with Gasteiger partial charge in [-0.05, 0) is 37.1 Å². The smallest absolute Gasteiger partial charge is 0.338 e. The second-order valence-electron chi connectivity index (χ2n) is 4.98. The molecule has 1 aromatic carbocycles. The van der Waals surface area contributed by atoms with Crippen LogP contribution < -0.4 is 5.43 Å². The molecule has 1 aliphatic heterocycles. The maximum atomic E-state index is 11.9. The fraction of sp³-hybridized carbons (Fsp3) is 0.250. The van der Waals surface area contributed by atoms with Gasteiger partial charge in [-0.1, -0.05) is 12.1 Å². The number of hydrazine groups is 1. The first-order valence-electron chi connectivity index (χ1n) is 6.77. The molecule has 1 heterocycles. The number of carbonyl (C=O) groups is 2. The van der Waals surface area contributed by atoms with Crippen LogP contribution in [0.5, 0.6) is 0 Å². The van der Waals surface area contributed by atoms with Crippen molar-refractivity contribution >= 4 is 17.6 Å². The Morgan fingerprint density at radius 3 is 2.68 bits per heavy atom. The average molecular weight is 302 g/mol. The minimum Gasteiger partial charge on any atom is -0.478 e. The quantitative estimate of drug-likeness (QED) is 0.831. The topological polar surface area (TPSA) is 78.9 Å². The van der Waals surface area contributed by atoms with Gasteiger partial charge < -0.3 is 9.84 Å². The van der Waals surface area contributed by atoms with Crippen molar-refractivity contribution < 1.29 is 19.4 Å². The van der Waals surface area contributed by atoms with Gasteiger partial charge in [0.1, 0.15) is 0 Å². The van der Waals surface area contributed by atoms with Gasteiger partial charge in [-0.15, -0.1) is 0 Å². The Kier molecular flexibility index (Phi) is 4.50. The lowest BCUT2D eigenvalue weighted by Crippen LogP contribution is -2.28. The van der Waals surface area contributed by atoms with E-state index in [9.17, 15) is 9.59 Å². The van der Waals surface area contributed by atoms with Crippen LogP contribution in [-0.2, 0) is 9.53 Å². The summed E-state index contributed by atoms with van der Waals surface area (Å²) >= 11 is 0. The molecule has 6 heteroatoms. The van der Waals surface area contributed by atoms with Gasteiger partial charge in [0.2, 0.25) is 0 Å². The summed E-state index contributed by atoms with van der Waals surface area (Å²) in [5, 5.41) is 10.7. The molecule has 2 N–H and O–H groups in total. The van der Waals surface area contributed by atoms with E-state index >= 15 is 0 Å². The van der Waals surface area contributed by atoms with Gasteiger partial charge in [0.05, 0.1) is 30.5 Å². The first kappa shape index (κ1) is 15.6. The summed E-state index contributed by atoms with van der Waals surface area (Å²) < 4.78 is 4.81. The maximum absolute atomic E-state index is 11.9. The van der Waals surface area contributed by atoms with Crippen molar-refractivity contribution in [3.8, 4) is 0 Å². The highest BCUT2D eigenvalue weighted by molar-refractivity contribution is 5.94. The molecule has 2 rings (SSSR count). The van der Waals surface area contributed by atoms with Crippen LogP contribution in [-0.4, -0.2) is 35.7 Å². The number of nitrogens with one attached hydrogen (secondary N) is 1. The number of carboxylic acids is 1. The molecule has 0 atom stereocenters. The lowest BCUT2D eigenvalue weighted by molar-refractivity contribution is -0.132. The summed E-state index contributed by atoms with van der Waals surface area (Å²) in [5.74, 6) is -1.38. The van der Waals surface area contributed by atoms with Crippen LogP contribution >= 0.6 is 0 Å². The Balaban J connectivity index is 2.30. The van der Waals surface area contributed by atoms with Crippen LogP contribution in [0.1, 0.15) is 21.5 Å². The molecule has 1 aromatic rings. The van der Waals surface area contributed by atoms with Crippen LogP contribution in [0.25, 0.3) is 0 Å². The van der Waals surface area contributed by atoms with E-state index < -0.39 is 5.97 Å². The third-order valence-corrected chi connectivity index (χ3v) is 3.47. The highest BCUT2D eigenvalue weighted by atomic mass is 16.5. The van der Waals surface area contributed by atoms with Crippen molar-refractivity contribution in [1.82, 2.24) is 5.01 Å². The van der Waals surface area contributed by atoms with E-state index in [-0.39, 0.29) is 11.5 Å². The molecular formula is C16H18N2O4. The molecule has 6 nitrogen and oxygen atoms in total. The van der Waals surface area contributed by atoms with E-state index in [1.165, 1.54) is 13.3 Å².